The molecule has 2 aromatic heterocycles. The Morgan fingerprint density at radius 3 is 2.52 bits per heavy atom. The summed E-state index contributed by atoms with van der Waals surface area (Å²) < 4.78 is 7.41. The minimum Gasteiger partial charge on any atom is -0.468 e. The molecule has 0 unspecified atom stereocenters. The summed E-state index contributed by atoms with van der Waals surface area (Å²) in [5.41, 5.74) is 3.16. The van der Waals surface area contributed by atoms with Gasteiger partial charge in [-0.15, -0.1) is 0 Å². The van der Waals surface area contributed by atoms with Gasteiger partial charge in [-0.3, -0.25) is 9.69 Å². The van der Waals surface area contributed by atoms with E-state index in [9.17, 15) is 4.79 Å². The van der Waals surface area contributed by atoms with Gasteiger partial charge in [-0.05, 0) is 76.2 Å². The van der Waals surface area contributed by atoms with Gasteiger partial charge in [0.05, 0.1) is 34.4 Å². The Bertz CT molecular complexity index is 973. The summed E-state index contributed by atoms with van der Waals surface area (Å²) in [7, 11) is 0. The lowest BCUT2D eigenvalue weighted by Crippen LogP contribution is -2.36. The van der Waals surface area contributed by atoms with Crippen LogP contribution in [0.5, 0.6) is 0 Å². The minimum absolute atomic E-state index is 0.0626. The van der Waals surface area contributed by atoms with Crippen molar-refractivity contribution in [3.05, 3.63) is 70.4 Å². The Balaban J connectivity index is 1.44. The highest BCUT2D eigenvalue weighted by Crippen LogP contribution is 2.25. The SMILES string of the molecule is Cc1nn(-c2ccc(C(=O)NC[C@H](c3ccco3)N3CCCC3)cc2)c(C)c1Cl. The molecule has 0 bridgehead atoms. The van der Waals surface area contributed by atoms with Crippen molar-refractivity contribution < 1.29 is 9.21 Å². The number of amides is 1. The summed E-state index contributed by atoms with van der Waals surface area (Å²) in [4.78, 5) is 15.1. The molecule has 1 N–H and O–H groups in total. The van der Waals surface area contributed by atoms with Gasteiger partial charge in [0, 0.05) is 12.1 Å². The Kier molecular flexibility index (Phi) is 5.74. The van der Waals surface area contributed by atoms with Crippen molar-refractivity contribution in [1.29, 1.82) is 0 Å². The fourth-order valence-corrected chi connectivity index (χ4v) is 3.98. The van der Waals surface area contributed by atoms with E-state index in [1.807, 2.05) is 50.2 Å². The first-order valence-electron chi connectivity index (χ1n) is 9.92. The van der Waals surface area contributed by atoms with Gasteiger partial charge >= 0.3 is 0 Å². The van der Waals surface area contributed by atoms with Crippen LogP contribution in [0.25, 0.3) is 5.69 Å². The summed E-state index contributed by atoms with van der Waals surface area (Å²) in [6.45, 7) is 6.38. The topological polar surface area (TPSA) is 63.3 Å². The molecule has 1 aromatic carbocycles. The third-order valence-corrected chi connectivity index (χ3v) is 6.03. The molecule has 3 aromatic rings. The Hall–Kier alpha value is -2.57. The van der Waals surface area contributed by atoms with Gasteiger partial charge in [0.1, 0.15) is 5.76 Å². The van der Waals surface area contributed by atoms with Crippen LogP contribution in [0.3, 0.4) is 0 Å². The first-order valence-corrected chi connectivity index (χ1v) is 10.3. The molecule has 1 saturated heterocycles. The number of aromatic nitrogens is 2. The quantitative estimate of drug-likeness (QED) is 0.655. The Morgan fingerprint density at radius 2 is 1.93 bits per heavy atom. The normalized spacial score (nSPS) is 15.6. The number of carbonyl (C=O) groups excluding carboxylic acids is 1. The van der Waals surface area contributed by atoms with Gasteiger partial charge < -0.3 is 9.73 Å². The number of furan rings is 1. The molecule has 0 aliphatic carbocycles. The van der Waals surface area contributed by atoms with Gasteiger partial charge in [0.25, 0.3) is 5.91 Å². The number of nitrogens with zero attached hydrogens (tertiary/aromatic N) is 3. The number of hydrogen-bond acceptors (Lipinski definition) is 4. The van der Waals surface area contributed by atoms with E-state index in [4.69, 9.17) is 16.0 Å². The molecule has 152 valence electrons. The number of carbonyl (C=O) groups is 1. The van der Waals surface area contributed by atoms with Crippen LogP contribution < -0.4 is 5.32 Å². The monoisotopic (exact) mass is 412 g/mol. The Labute approximate surface area is 175 Å². The van der Waals surface area contributed by atoms with E-state index in [1.54, 1.807) is 10.9 Å². The van der Waals surface area contributed by atoms with Crippen molar-refractivity contribution >= 4 is 17.5 Å². The second-order valence-corrected chi connectivity index (χ2v) is 7.81. The smallest absolute Gasteiger partial charge is 0.251 e. The number of rotatable bonds is 6. The molecule has 3 heterocycles. The third kappa shape index (κ3) is 4.09. The molecule has 6 nitrogen and oxygen atoms in total. The number of aryl methyl sites for hydroxylation is 1. The number of nitrogens with one attached hydrogen (secondary N) is 1. The lowest BCUT2D eigenvalue weighted by molar-refractivity contribution is 0.0934. The lowest BCUT2D eigenvalue weighted by atomic mass is 10.1. The fourth-order valence-electron chi connectivity index (χ4n) is 3.86. The molecule has 1 amide bonds. The van der Waals surface area contributed by atoms with E-state index >= 15 is 0 Å². The van der Waals surface area contributed by atoms with Gasteiger partial charge in [0.15, 0.2) is 0 Å². The second kappa shape index (κ2) is 8.43. The van der Waals surface area contributed by atoms with Crippen molar-refractivity contribution in [2.75, 3.05) is 19.6 Å². The summed E-state index contributed by atoms with van der Waals surface area (Å²) in [5.74, 6) is 0.794. The van der Waals surface area contributed by atoms with E-state index in [-0.39, 0.29) is 11.9 Å². The first kappa shape index (κ1) is 19.7. The molecule has 1 aliphatic rings. The Morgan fingerprint density at radius 1 is 1.21 bits per heavy atom. The van der Waals surface area contributed by atoms with Crippen molar-refractivity contribution in [2.45, 2.75) is 32.7 Å². The highest BCUT2D eigenvalue weighted by atomic mass is 35.5. The standard InChI is InChI=1S/C22H25ClN4O2/c1-15-21(23)16(2)27(25-15)18-9-7-17(8-10-18)22(28)24-14-19(20-6-5-13-29-20)26-11-3-4-12-26/h5-10,13,19H,3-4,11-12,14H2,1-2H3,(H,24,28)/t19-/m1/s1. The molecule has 4 rings (SSSR count). The molecule has 1 aliphatic heterocycles. The van der Waals surface area contributed by atoms with Crippen LogP contribution in [-0.4, -0.2) is 40.2 Å². The average Bonchev–Trinajstić information content (AvgIpc) is 3.49. The van der Waals surface area contributed by atoms with Crippen LogP contribution in [0.15, 0.2) is 47.1 Å². The highest BCUT2D eigenvalue weighted by molar-refractivity contribution is 6.31. The van der Waals surface area contributed by atoms with Crippen LogP contribution >= 0.6 is 11.6 Å². The van der Waals surface area contributed by atoms with Crippen LogP contribution in [0.1, 0.15) is 46.4 Å². The summed E-state index contributed by atoms with van der Waals surface area (Å²) >= 11 is 6.24. The zero-order valence-corrected chi connectivity index (χ0v) is 17.4. The van der Waals surface area contributed by atoms with E-state index in [2.05, 4.69) is 15.3 Å². The number of likely N-dealkylation sites (tertiary alicyclic amines) is 1. The maximum atomic E-state index is 12.7. The number of benzene rings is 1. The van der Waals surface area contributed by atoms with Gasteiger partial charge in [0.2, 0.25) is 0 Å². The second-order valence-electron chi connectivity index (χ2n) is 7.43. The van der Waals surface area contributed by atoms with Crippen LogP contribution in [-0.2, 0) is 0 Å². The predicted octanol–water partition coefficient (Wildman–Crippen LogP) is 4.30. The van der Waals surface area contributed by atoms with Crippen LogP contribution in [0.4, 0.5) is 0 Å². The van der Waals surface area contributed by atoms with E-state index in [0.717, 1.165) is 35.9 Å². The summed E-state index contributed by atoms with van der Waals surface area (Å²) in [6, 6.07) is 11.3. The van der Waals surface area contributed by atoms with Crippen LogP contribution in [0, 0.1) is 13.8 Å². The number of hydrogen-bond donors (Lipinski definition) is 1. The van der Waals surface area contributed by atoms with Crippen molar-refractivity contribution in [3.8, 4) is 5.69 Å². The van der Waals surface area contributed by atoms with Gasteiger partial charge in [-0.2, -0.15) is 5.10 Å². The molecule has 1 fully saturated rings. The molecule has 0 radical (unpaired) electrons. The van der Waals surface area contributed by atoms with Crippen LogP contribution in [0.2, 0.25) is 5.02 Å². The zero-order chi connectivity index (χ0) is 20.4. The van der Waals surface area contributed by atoms with E-state index < -0.39 is 0 Å². The molecule has 7 heteroatoms. The zero-order valence-electron chi connectivity index (χ0n) is 16.7. The largest absolute Gasteiger partial charge is 0.468 e. The van der Waals surface area contributed by atoms with Gasteiger partial charge in [-0.1, -0.05) is 11.6 Å². The minimum atomic E-state index is -0.0984. The summed E-state index contributed by atoms with van der Waals surface area (Å²) in [5, 5.41) is 8.18. The predicted molar refractivity (Wildman–Crippen MR) is 113 cm³/mol. The van der Waals surface area contributed by atoms with Crippen molar-refractivity contribution in [1.82, 2.24) is 20.0 Å². The molecular weight excluding hydrogens is 388 g/mol. The molecule has 0 saturated carbocycles. The number of halogens is 1. The molecular formula is C22H25ClN4O2. The van der Waals surface area contributed by atoms with Crippen molar-refractivity contribution in [2.24, 2.45) is 0 Å². The van der Waals surface area contributed by atoms with Crippen molar-refractivity contribution in [3.63, 3.8) is 0 Å². The maximum Gasteiger partial charge on any atom is 0.251 e. The average molecular weight is 413 g/mol. The molecule has 1 atom stereocenters. The fraction of sp³-hybridized carbons (Fsp3) is 0.364. The molecule has 0 spiro atoms. The van der Waals surface area contributed by atoms with Gasteiger partial charge in [-0.25, -0.2) is 4.68 Å². The summed E-state index contributed by atoms with van der Waals surface area (Å²) in [6.07, 6.45) is 4.05. The first-order chi connectivity index (χ1) is 14.0. The highest BCUT2D eigenvalue weighted by Gasteiger charge is 2.26. The maximum absolute atomic E-state index is 12.7. The lowest BCUT2D eigenvalue weighted by Gasteiger charge is -2.26. The third-order valence-electron chi connectivity index (χ3n) is 5.49. The molecule has 29 heavy (non-hydrogen) atoms. The van der Waals surface area contributed by atoms with E-state index in [1.165, 1.54) is 12.8 Å². The van der Waals surface area contributed by atoms with E-state index in [0.29, 0.717) is 17.1 Å².